The number of hydrogen-bond acceptors (Lipinski definition) is 3. The quantitative estimate of drug-likeness (QED) is 0.714. The molecule has 1 aliphatic heterocycles. The predicted octanol–water partition coefficient (Wildman–Crippen LogP) is 4.01. The van der Waals surface area contributed by atoms with Crippen LogP contribution < -0.4 is 0 Å². The van der Waals surface area contributed by atoms with Crippen LogP contribution >= 0.6 is 15.9 Å². The number of aromatic nitrogens is 1. The van der Waals surface area contributed by atoms with Crippen LogP contribution in [-0.2, 0) is 4.74 Å². The standard InChI is InChI=1S/C15H18BrFN2O2/c1-15(2,3)21-14(20)19-8-4-5-10(9-19)13-11(17)6-7-12(16)18-13/h5-7H,4,8-9H2,1-3H3. The molecule has 1 aliphatic rings. The minimum absolute atomic E-state index is 0.276. The van der Waals surface area contributed by atoms with Crippen molar-refractivity contribution in [3.8, 4) is 0 Å². The van der Waals surface area contributed by atoms with Crippen molar-refractivity contribution in [1.29, 1.82) is 0 Å². The summed E-state index contributed by atoms with van der Waals surface area (Å²) in [5, 5.41) is 0. The first-order valence-electron chi connectivity index (χ1n) is 6.75. The fourth-order valence-corrected chi connectivity index (χ4v) is 2.35. The zero-order valence-electron chi connectivity index (χ0n) is 12.3. The van der Waals surface area contributed by atoms with Gasteiger partial charge in [-0.05, 0) is 60.8 Å². The SMILES string of the molecule is CC(C)(C)OC(=O)N1CCC=C(c2nc(Br)ccc2F)C1. The second kappa shape index (κ2) is 6.13. The molecule has 6 heteroatoms. The summed E-state index contributed by atoms with van der Waals surface area (Å²) in [6, 6.07) is 2.91. The molecule has 2 rings (SSSR count). The Balaban J connectivity index is 2.16. The van der Waals surface area contributed by atoms with Gasteiger partial charge >= 0.3 is 6.09 Å². The van der Waals surface area contributed by atoms with Crippen LogP contribution in [0.15, 0.2) is 22.8 Å². The number of halogens is 2. The van der Waals surface area contributed by atoms with Gasteiger partial charge in [0.15, 0.2) is 0 Å². The van der Waals surface area contributed by atoms with E-state index in [0.717, 1.165) is 0 Å². The van der Waals surface area contributed by atoms with Crippen molar-refractivity contribution in [3.05, 3.63) is 34.3 Å². The van der Waals surface area contributed by atoms with E-state index in [1.807, 2.05) is 26.8 Å². The minimum atomic E-state index is -0.544. The molecule has 0 saturated carbocycles. The fraction of sp³-hybridized carbons (Fsp3) is 0.467. The largest absolute Gasteiger partial charge is 0.444 e. The summed E-state index contributed by atoms with van der Waals surface area (Å²) < 4.78 is 19.8. The molecule has 114 valence electrons. The Morgan fingerprint density at radius 2 is 2.14 bits per heavy atom. The minimum Gasteiger partial charge on any atom is -0.444 e. The van der Waals surface area contributed by atoms with Crippen LogP contribution in [0.2, 0.25) is 0 Å². The fourth-order valence-electron chi connectivity index (χ4n) is 2.04. The lowest BCUT2D eigenvalue weighted by Crippen LogP contribution is -2.39. The third-order valence-electron chi connectivity index (χ3n) is 2.92. The van der Waals surface area contributed by atoms with E-state index in [2.05, 4.69) is 20.9 Å². The first-order valence-corrected chi connectivity index (χ1v) is 7.55. The van der Waals surface area contributed by atoms with Crippen LogP contribution in [0, 0.1) is 5.82 Å². The summed E-state index contributed by atoms with van der Waals surface area (Å²) >= 11 is 3.24. The lowest BCUT2D eigenvalue weighted by molar-refractivity contribution is 0.0273. The molecular weight excluding hydrogens is 339 g/mol. The summed E-state index contributed by atoms with van der Waals surface area (Å²) in [6.45, 7) is 6.33. The lowest BCUT2D eigenvalue weighted by atomic mass is 10.1. The van der Waals surface area contributed by atoms with Gasteiger partial charge in [0.25, 0.3) is 0 Å². The third-order valence-corrected chi connectivity index (χ3v) is 3.36. The Bertz CT molecular complexity index is 582. The van der Waals surface area contributed by atoms with E-state index in [0.29, 0.717) is 29.7 Å². The van der Waals surface area contributed by atoms with Crippen LogP contribution in [0.5, 0.6) is 0 Å². The Hall–Kier alpha value is -1.43. The average Bonchev–Trinajstić information content (AvgIpc) is 2.40. The highest BCUT2D eigenvalue weighted by Gasteiger charge is 2.26. The number of hydrogen-bond donors (Lipinski definition) is 0. The number of pyridine rings is 1. The van der Waals surface area contributed by atoms with Gasteiger partial charge in [-0.25, -0.2) is 14.2 Å². The molecule has 1 amide bonds. The molecule has 0 atom stereocenters. The highest BCUT2D eigenvalue weighted by Crippen LogP contribution is 2.24. The van der Waals surface area contributed by atoms with Crippen LogP contribution in [0.1, 0.15) is 32.9 Å². The maximum atomic E-state index is 13.9. The number of nitrogens with zero attached hydrogens (tertiary/aromatic N) is 2. The van der Waals surface area contributed by atoms with Crippen LogP contribution in [0.25, 0.3) is 5.57 Å². The number of carbonyl (C=O) groups excluding carboxylic acids is 1. The molecule has 0 aromatic carbocycles. The van der Waals surface area contributed by atoms with E-state index < -0.39 is 11.4 Å². The Kier molecular flexibility index (Phi) is 4.66. The molecule has 1 aromatic rings. The van der Waals surface area contributed by atoms with Crippen LogP contribution in [0.3, 0.4) is 0 Å². The number of amides is 1. The molecular formula is C15H18BrFN2O2. The summed E-state index contributed by atoms with van der Waals surface area (Å²) in [7, 11) is 0. The van der Waals surface area contributed by atoms with Gasteiger partial charge in [0.2, 0.25) is 0 Å². The van der Waals surface area contributed by atoms with Crippen molar-refractivity contribution < 1.29 is 13.9 Å². The van der Waals surface area contributed by atoms with Gasteiger partial charge in [-0.2, -0.15) is 0 Å². The molecule has 0 unspecified atom stereocenters. The molecule has 2 heterocycles. The molecule has 4 nitrogen and oxygen atoms in total. The summed E-state index contributed by atoms with van der Waals surface area (Å²) in [6.07, 6.45) is 2.18. The highest BCUT2D eigenvalue weighted by atomic mass is 79.9. The maximum absolute atomic E-state index is 13.9. The Labute approximate surface area is 132 Å². The van der Waals surface area contributed by atoms with Crippen LogP contribution in [0.4, 0.5) is 9.18 Å². The number of rotatable bonds is 1. The van der Waals surface area contributed by atoms with Gasteiger partial charge in [-0.15, -0.1) is 0 Å². The maximum Gasteiger partial charge on any atom is 0.410 e. The molecule has 1 aromatic heterocycles. The van der Waals surface area contributed by atoms with E-state index in [1.54, 1.807) is 11.0 Å². The normalized spacial score (nSPS) is 15.7. The van der Waals surface area contributed by atoms with Crippen LogP contribution in [-0.4, -0.2) is 34.7 Å². The van der Waals surface area contributed by atoms with E-state index in [4.69, 9.17) is 4.74 Å². The van der Waals surface area contributed by atoms with Crippen molar-refractivity contribution in [2.24, 2.45) is 0 Å². The first-order chi connectivity index (χ1) is 9.76. The third kappa shape index (κ3) is 4.27. The van der Waals surface area contributed by atoms with Gasteiger partial charge in [0.05, 0.1) is 6.54 Å². The highest BCUT2D eigenvalue weighted by molar-refractivity contribution is 9.10. The second-order valence-electron chi connectivity index (χ2n) is 5.88. The van der Waals surface area contributed by atoms with Gasteiger partial charge < -0.3 is 9.64 Å². The van der Waals surface area contributed by atoms with Gasteiger partial charge in [-0.1, -0.05) is 6.08 Å². The summed E-state index contributed by atoms with van der Waals surface area (Å²) in [5.41, 5.74) is 0.432. The number of carbonyl (C=O) groups is 1. The zero-order chi connectivity index (χ0) is 15.6. The number of ether oxygens (including phenoxy) is 1. The molecule has 0 saturated heterocycles. The molecule has 0 fully saturated rings. The van der Waals surface area contributed by atoms with E-state index in [-0.39, 0.29) is 11.8 Å². The topological polar surface area (TPSA) is 42.4 Å². The van der Waals surface area contributed by atoms with Crippen molar-refractivity contribution >= 4 is 27.6 Å². The molecule has 0 N–H and O–H groups in total. The van der Waals surface area contributed by atoms with Gasteiger partial charge in [-0.3, -0.25) is 0 Å². The van der Waals surface area contributed by atoms with Crippen molar-refractivity contribution in [2.75, 3.05) is 13.1 Å². The zero-order valence-corrected chi connectivity index (χ0v) is 13.9. The van der Waals surface area contributed by atoms with E-state index >= 15 is 0 Å². The first kappa shape index (κ1) is 15.9. The Morgan fingerprint density at radius 3 is 2.81 bits per heavy atom. The van der Waals surface area contributed by atoms with Crippen molar-refractivity contribution in [2.45, 2.75) is 32.8 Å². The molecule has 0 spiro atoms. The summed E-state index contributed by atoms with van der Waals surface area (Å²) in [5.74, 6) is -0.393. The molecule has 0 radical (unpaired) electrons. The molecule has 21 heavy (non-hydrogen) atoms. The van der Waals surface area contributed by atoms with Gasteiger partial charge in [0.1, 0.15) is 21.7 Å². The van der Waals surface area contributed by atoms with Crippen molar-refractivity contribution in [3.63, 3.8) is 0 Å². The van der Waals surface area contributed by atoms with Crippen molar-refractivity contribution in [1.82, 2.24) is 9.88 Å². The van der Waals surface area contributed by atoms with Gasteiger partial charge in [0, 0.05) is 6.54 Å². The molecule has 0 aliphatic carbocycles. The Morgan fingerprint density at radius 1 is 1.43 bits per heavy atom. The summed E-state index contributed by atoms with van der Waals surface area (Å²) in [4.78, 5) is 17.8. The van der Waals surface area contributed by atoms with E-state index in [1.165, 1.54) is 6.07 Å². The monoisotopic (exact) mass is 356 g/mol. The lowest BCUT2D eigenvalue weighted by Gasteiger charge is -2.30. The van der Waals surface area contributed by atoms with E-state index in [9.17, 15) is 9.18 Å². The second-order valence-corrected chi connectivity index (χ2v) is 6.70. The average molecular weight is 357 g/mol. The predicted molar refractivity (Wildman–Crippen MR) is 82.3 cm³/mol. The smallest absolute Gasteiger partial charge is 0.410 e. The molecule has 0 bridgehead atoms.